The molecule has 1 heterocycles. The third-order valence-electron chi connectivity index (χ3n) is 3.43. The number of halogens is 1. The van der Waals surface area contributed by atoms with Crippen LogP contribution in [0.25, 0.3) is 0 Å². The maximum atomic E-state index is 12.6. The second kappa shape index (κ2) is 6.04. The van der Waals surface area contributed by atoms with Crippen LogP contribution in [0.1, 0.15) is 34.0 Å². The van der Waals surface area contributed by atoms with E-state index in [0.717, 1.165) is 4.57 Å². The molecule has 0 saturated heterocycles. The molecule has 6 heteroatoms. The molecule has 0 bridgehead atoms. The molecular weight excluding hydrogens is 304 g/mol. The summed E-state index contributed by atoms with van der Waals surface area (Å²) >= 11 is 5.88. The highest BCUT2D eigenvalue weighted by Crippen LogP contribution is 2.25. The van der Waals surface area contributed by atoms with Crippen LogP contribution in [-0.4, -0.2) is 15.5 Å². The lowest BCUT2D eigenvalue weighted by molar-refractivity contribution is 0.103. The first-order valence-electron chi connectivity index (χ1n) is 6.59. The first kappa shape index (κ1) is 15.8. The standard InChI is InChI=1S/C16H13ClN2O3/c1-3-19-15(21)12(8-18)9(2)13(16(19)22)14(20)10-5-4-6-11(17)7-10/h4-7,22H,3H2,1-2H3. The van der Waals surface area contributed by atoms with Crippen LogP contribution in [0.3, 0.4) is 0 Å². The number of carbonyl (C=O) groups excluding carboxylic acids is 1. The van der Waals surface area contributed by atoms with E-state index in [2.05, 4.69) is 0 Å². The van der Waals surface area contributed by atoms with Crippen molar-refractivity contribution in [3.05, 3.63) is 61.9 Å². The molecule has 0 fully saturated rings. The van der Waals surface area contributed by atoms with Gasteiger partial charge in [-0.25, -0.2) is 0 Å². The number of rotatable bonds is 3. The van der Waals surface area contributed by atoms with Crippen LogP contribution in [0, 0.1) is 18.3 Å². The highest BCUT2D eigenvalue weighted by atomic mass is 35.5. The molecule has 0 spiro atoms. The summed E-state index contributed by atoms with van der Waals surface area (Å²) in [5, 5.41) is 19.8. The minimum Gasteiger partial charge on any atom is -0.494 e. The van der Waals surface area contributed by atoms with Crippen LogP contribution in [0.15, 0.2) is 29.1 Å². The number of pyridine rings is 1. The van der Waals surface area contributed by atoms with Crippen molar-refractivity contribution in [2.45, 2.75) is 20.4 Å². The summed E-state index contributed by atoms with van der Waals surface area (Å²) in [5.74, 6) is -0.926. The Balaban J connectivity index is 2.78. The average Bonchev–Trinajstić information content (AvgIpc) is 2.48. The van der Waals surface area contributed by atoms with Gasteiger partial charge in [0.2, 0.25) is 5.88 Å². The second-order valence-electron chi connectivity index (χ2n) is 4.70. The quantitative estimate of drug-likeness (QED) is 0.882. The summed E-state index contributed by atoms with van der Waals surface area (Å²) in [6.45, 7) is 3.26. The number of benzene rings is 1. The van der Waals surface area contributed by atoms with Gasteiger partial charge in [0.25, 0.3) is 5.56 Å². The maximum Gasteiger partial charge on any atom is 0.271 e. The predicted octanol–water partition coefficient (Wildman–Crippen LogP) is 2.64. The molecule has 0 atom stereocenters. The topological polar surface area (TPSA) is 83.1 Å². The normalized spacial score (nSPS) is 10.3. The fraction of sp³-hybridized carbons (Fsp3) is 0.188. The average molecular weight is 317 g/mol. The fourth-order valence-corrected chi connectivity index (χ4v) is 2.48. The second-order valence-corrected chi connectivity index (χ2v) is 5.14. The number of hydrogen-bond donors (Lipinski definition) is 1. The van der Waals surface area contributed by atoms with Crippen molar-refractivity contribution in [2.75, 3.05) is 0 Å². The summed E-state index contributed by atoms with van der Waals surface area (Å²) in [7, 11) is 0. The van der Waals surface area contributed by atoms with E-state index in [1.807, 2.05) is 0 Å². The van der Waals surface area contributed by atoms with Crippen LogP contribution < -0.4 is 5.56 Å². The predicted molar refractivity (Wildman–Crippen MR) is 82.4 cm³/mol. The Kier molecular flexibility index (Phi) is 4.34. The Labute approximate surface area is 132 Å². The lowest BCUT2D eigenvalue weighted by Gasteiger charge is -2.14. The minimum atomic E-state index is -0.609. The Hall–Kier alpha value is -2.58. The van der Waals surface area contributed by atoms with Gasteiger partial charge in [-0.2, -0.15) is 5.26 Å². The smallest absolute Gasteiger partial charge is 0.271 e. The Morgan fingerprint density at radius 2 is 2.14 bits per heavy atom. The molecule has 1 N–H and O–H groups in total. The van der Waals surface area contributed by atoms with Gasteiger partial charge in [-0.15, -0.1) is 0 Å². The highest BCUT2D eigenvalue weighted by Gasteiger charge is 2.24. The van der Waals surface area contributed by atoms with Crippen molar-refractivity contribution in [2.24, 2.45) is 0 Å². The summed E-state index contributed by atoms with van der Waals surface area (Å²) in [6, 6.07) is 8.06. The van der Waals surface area contributed by atoms with Gasteiger partial charge in [0.05, 0.1) is 5.56 Å². The summed E-state index contributed by atoms with van der Waals surface area (Å²) in [5.41, 5.74) is -0.372. The summed E-state index contributed by atoms with van der Waals surface area (Å²) in [4.78, 5) is 24.7. The van der Waals surface area contributed by atoms with Gasteiger partial charge in [-0.3, -0.25) is 14.2 Å². The zero-order chi connectivity index (χ0) is 16.4. The molecule has 112 valence electrons. The van der Waals surface area contributed by atoms with Gasteiger partial charge >= 0.3 is 0 Å². The number of aromatic hydroxyl groups is 1. The maximum absolute atomic E-state index is 12.6. The molecule has 0 amide bonds. The molecule has 0 radical (unpaired) electrons. The van der Waals surface area contributed by atoms with Crippen LogP contribution in [0.4, 0.5) is 0 Å². The zero-order valence-corrected chi connectivity index (χ0v) is 12.8. The van der Waals surface area contributed by atoms with Gasteiger partial charge in [-0.05, 0) is 31.5 Å². The van der Waals surface area contributed by atoms with Gasteiger partial charge in [-0.1, -0.05) is 23.7 Å². The molecule has 0 aliphatic rings. The van der Waals surface area contributed by atoms with Gasteiger partial charge in [0, 0.05) is 17.1 Å². The van der Waals surface area contributed by atoms with E-state index in [9.17, 15) is 14.7 Å². The van der Waals surface area contributed by atoms with Crippen molar-refractivity contribution in [1.82, 2.24) is 4.57 Å². The number of nitriles is 1. The van der Waals surface area contributed by atoms with E-state index in [4.69, 9.17) is 16.9 Å². The molecule has 1 aromatic carbocycles. The molecular formula is C16H13ClN2O3. The van der Waals surface area contributed by atoms with Crippen molar-refractivity contribution in [1.29, 1.82) is 5.26 Å². The van der Waals surface area contributed by atoms with E-state index >= 15 is 0 Å². The SMILES string of the molecule is CCn1c(O)c(C(=O)c2cccc(Cl)c2)c(C)c(C#N)c1=O. The Morgan fingerprint density at radius 3 is 2.68 bits per heavy atom. The van der Waals surface area contributed by atoms with E-state index in [1.54, 1.807) is 31.2 Å². The number of aromatic nitrogens is 1. The molecule has 0 saturated carbocycles. The third kappa shape index (κ3) is 2.49. The van der Waals surface area contributed by atoms with Crippen molar-refractivity contribution >= 4 is 17.4 Å². The van der Waals surface area contributed by atoms with Crippen LogP contribution in [0.5, 0.6) is 5.88 Å². The van der Waals surface area contributed by atoms with E-state index in [-0.39, 0.29) is 28.8 Å². The number of nitrogens with zero attached hydrogens (tertiary/aromatic N) is 2. The third-order valence-corrected chi connectivity index (χ3v) is 3.67. The van der Waals surface area contributed by atoms with E-state index in [0.29, 0.717) is 5.02 Å². The van der Waals surface area contributed by atoms with Crippen molar-refractivity contribution < 1.29 is 9.90 Å². The van der Waals surface area contributed by atoms with Crippen LogP contribution in [0.2, 0.25) is 5.02 Å². The van der Waals surface area contributed by atoms with Gasteiger partial charge in [0.1, 0.15) is 11.6 Å². The van der Waals surface area contributed by atoms with E-state index in [1.165, 1.54) is 13.0 Å². The minimum absolute atomic E-state index is 0.0553. The Morgan fingerprint density at radius 1 is 1.45 bits per heavy atom. The molecule has 0 aliphatic heterocycles. The molecule has 22 heavy (non-hydrogen) atoms. The fourth-order valence-electron chi connectivity index (χ4n) is 2.29. The lowest BCUT2D eigenvalue weighted by Crippen LogP contribution is -2.26. The molecule has 0 unspecified atom stereocenters. The number of carbonyl (C=O) groups is 1. The number of ketones is 1. The molecule has 5 nitrogen and oxygen atoms in total. The first-order valence-corrected chi connectivity index (χ1v) is 6.96. The largest absolute Gasteiger partial charge is 0.494 e. The molecule has 2 rings (SSSR count). The molecule has 1 aromatic heterocycles. The molecule has 2 aromatic rings. The van der Waals surface area contributed by atoms with Crippen molar-refractivity contribution in [3.8, 4) is 11.9 Å². The highest BCUT2D eigenvalue weighted by molar-refractivity contribution is 6.31. The zero-order valence-electron chi connectivity index (χ0n) is 12.1. The summed E-state index contributed by atoms with van der Waals surface area (Å²) < 4.78 is 1.00. The Bertz CT molecular complexity index is 863. The van der Waals surface area contributed by atoms with Crippen molar-refractivity contribution in [3.63, 3.8) is 0 Å². The van der Waals surface area contributed by atoms with Crippen LogP contribution >= 0.6 is 11.6 Å². The van der Waals surface area contributed by atoms with E-state index < -0.39 is 17.2 Å². The summed E-state index contributed by atoms with van der Waals surface area (Å²) in [6.07, 6.45) is 0. The lowest BCUT2D eigenvalue weighted by atomic mass is 9.97. The number of hydrogen-bond acceptors (Lipinski definition) is 4. The van der Waals surface area contributed by atoms with Gasteiger partial charge < -0.3 is 5.11 Å². The van der Waals surface area contributed by atoms with Crippen LogP contribution in [-0.2, 0) is 6.54 Å². The first-order chi connectivity index (χ1) is 10.4. The monoisotopic (exact) mass is 316 g/mol. The van der Waals surface area contributed by atoms with Gasteiger partial charge in [0.15, 0.2) is 5.78 Å². The molecule has 0 aliphatic carbocycles.